The fourth-order valence-electron chi connectivity index (χ4n) is 8.37. The summed E-state index contributed by atoms with van der Waals surface area (Å²) in [6, 6.07) is 64.2. The molecule has 0 N–H and O–H groups in total. The number of fused-ring (bicyclic) bond motifs is 10. The molecule has 0 aliphatic rings. The highest BCUT2D eigenvalue weighted by Gasteiger charge is 2.20. The highest BCUT2D eigenvalue weighted by atomic mass is 16.3. The molecule has 11 aromatic rings. The highest BCUT2D eigenvalue weighted by molar-refractivity contribution is 6.24. The van der Waals surface area contributed by atoms with Crippen LogP contribution in [0.1, 0.15) is 5.56 Å². The van der Waals surface area contributed by atoms with E-state index in [0.717, 1.165) is 82.8 Å². The van der Waals surface area contributed by atoms with Gasteiger partial charge in [-0.15, -0.1) is 0 Å². The maximum atomic E-state index is 10.3. The third-order valence-electron chi connectivity index (χ3n) is 10.7. The van der Waals surface area contributed by atoms with Crippen LogP contribution in [0.15, 0.2) is 180 Å². The van der Waals surface area contributed by atoms with Crippen molar-refractivity contribution in [3.63, 3.8) is 0 Å². The molecule has 0 radical (unpaired) electrons. The van der Waals surface area contributed by atoms with E-state index in [1.807, 2.05) is 24.3 Å². The normalized spacial score (nSPS) is 11.8. The molecule has 0 fully saturated rings. The number of hydrogen-bond acceptors (Lipinski definition) is 2. The number of benzene rings is 8. The Hall–Kier alpha value is -7.35. The molecule has 0 aliphatic heterocycles. The van der Waals surface area contributed by atoms with Gasteiger partial charge in [-0.1, -0.05) is 103 Å². The minimum atomic E-state index is 0.613. The summed E-state index contributed by atoms with van der Waals surface area (Å²) >= 11 is 0. The van der Waals surface area contributed by atoms with E-state index in [0.29, 0.717) is 5.56 Å². The molecule has 0 atom stereocenters. The van der Waals surface area contributed by atoms with Crippen LogP contribution in [-0.4, -0.2) is 9.13 Å². The Labute approximate surface area is 304 Å². The first-order chi connectivity index (χ1) is 26.2. The molecule has 246 valence electrons. The van der Waals surface area contributed by atoms with Crippen LogP contribution in [0.5, 0.6) is 0 Å². The molecule has 0 saturated heterocycles. The molecular formula is C49H29N3O. The van der Waals surface area contributed by atoms with Gasteiger partial charge >= 0.3 is 0 Å². The summed E-state index contributed by atoms with van der Waals surface area (Å²) < 4.78 is 11.3. The van der Waals surface area contributed by atoms with Gasteiger partial charge in [0.2, 0.25) is 0 Å². The number of nitrogens with zero attached hydrogens (tertiary/aromatic N) is 3. The van der Waals surface area contributed by atoms with Crippen molar-refractivity contribution >= 4 is 65.6 Å². The Morgan fingerprint density at radius 3 is 1.81 bits per heavy atom. The number of nitriles is 1. The first kappa shape index (κ1) is 29.4. The summed E-state index contributed by atoms with van der Waals surface area (Å²) in [4.78, 5) is 0. The molecule has 11 rings (SSSR count). The van der Waals surface area contributed by atoms with Crippen molar-refractivity contribution in [2.75, 3.05) is 0 Å². The van der Waals surface area contributed by atoms with E-state index in [-0.39, 0.29) is 0 Å². The fraction of sp³-hybridized carbons (Fsp3) is 0. The lowest BCUT2D eigenvalue weighted by Gasteiger charge is -2.13. The van der Waals surface area contributed by atoms with Crippen LogP contribution in [0.2, 0.25) is 0 Å². The molecular weight excluding hydrogens is 647 g/mol. The average molecular weight is 676 g/mol. The first-order valence-corrected chi connectivity index (χ1v) is 17.8. The quantitative estimate of drug-likeness (QED) is 0.186. The Balaban J connectivity index is 1.15. The lowest BCUT2D eigenvalue weighted by molar-refractivity contribution is 0.673. The predicted molar refractivity (Wildman–Crippen MR) is 218 cm³/mol. The maximum absolute atomic E-state index is 10.3. The number of rotatable bonds is 4. The van der Waals surface area contributed by atoms with E-state index in [2.05, 4.69) is 167 Å². The minimum absolute atomic E-state index is 0.613. The monoisotopic (exact) mass is 675 g/mol. The van der Waals surface area contributed by atoms with E-state index in [9.17, 15) is 5.26 Å². The number of furan rings is 1. The first-order valence-electron chi connectivity index (χ1n) is 17.8. The summed E-state index contributed by atoms with van der Waals surface area (Å²) in [5.41, 5.74) is 13.1. The molecule has 53 heavy (non-hydrogen) atoms. The standard InChI is InChI=1S/C49H29N3O/c50-30-31-25-35(28-37(26-31)52-43-18-7-4-15-38(43)39-16-5-8-19-44(39)52)33-13-10-14-36(27-33)51-45-23-21-34(32-11-2-1-3-12-32)29-42(45)48-46(51)24-22-41-40-17-6-9-20-47(40)53-49(41)48/h1-29H. The molecule has 0 aliphatic carbocycles. The van der Waals surface area contributed by atoms with Gasteiger partial charge in [-0.25, -0.2) is 0 Å². The van der Waals surface area contributed by atoms with Crippen LogP contribution in [0, 0.1) is 11.3 Å². The third-order valence-corrected chi connectivity index (χ3v) is 10.7. The molecule has 0 amide bonds. The van der Waals surface area contributed by atoms with Crippen molar-refractivity contribution in [2.24, 2.45) is 0 Å². The summed E-state index contributed by atoms with van der Waals surface area (Å²) in [6.45, 7) is 0. The van der Waals surface area contributed by atoms with Gasteiger partial charge in [0.1, 0.15) is 11.2 Å². The predicted octanol–water partition coefficient (Wildman–Crippen LogP) is 13.0. The van der Waals surface area contributed by atoms with Gasteiger partial charge in [-0.05, 0) is 95.1 Å². The van der Waals surface area contributed by atoms with Crippen molar-refractivity contribution in [1.82, 2.24) is 9.13 Å². The summed E-state index contributed by atoms with van der Waals surface area (Å²) in [7, 11) is 0. The molecule has 3 aromatic heterocycles. The minimum Gasteiger partial charge on any atom is -0.455 e. The lowest BCUT2D eigenvalue weighted by Crippen LogP contribution is -1.97. The molecule has 4 nitrogen and oxygen atoms in total. The Morgan fingerprint density at radius 1 is 0.396 bits per heavy atom. The van der Waals surface area contributed by atoms with Crippen molar-refractivity contribution in [3.05, 3.63) is 181 Å². The zero-order valence-corrected chi connectivity index (χ0v) is 28.5. The highest BCUT2D eigenvalue weighted by Crippen LogP contribution is 2.42. The van der Waals surface area contributed by atoms with Crippen molar-refractivity contribution in [1.29, 1.82) is 5.26 Å². The third kappa shape index (κ3) is 4.41. The maximum Gasteiger partial charge on any atom is 0.145 e. The molecule has 0 unspecified atom stereocenters. The number of aromatic nitrogens is 2. The smallest absolute Gasteiger partial charge is 0.145 e. The Bertz CT molecular complexity index is 3250. The molecule has 0 bridgehead atoms. The number of hydrogen-bond donors (Lipinski definition) is 0. The fourth-order valence-corrected chi connectivity index (χ4v) is 8.37. The van der Waals surface area contributed by atoms with E-state index in [1.54, 1.807) is 0 Å². The van der Waals surface area contributed by atoms with E-state index >= 15 is 0 Å². The van der Waals surface area contributed by atoms with E-state index in [4.69, 9.17) is 4.42 Å². The molecule has 0 spiro atoms. The zero-order chi connectivity index (χ0) is 35.0. The lowest BCUT2D eigenvalue weighted by atomic mass is 10.0. The number of para-hydroxylation sites is 3. The molecule has 3 heterocycles. The van der Waals surface area contributed by atoms with Crippen LogP contribution in [0.4, 0.5) is 0 Å². The Kier molecular flexibility index (Phi) is 6.28. The van der Waals surface area contributed by atoms with Gasteiger partial charge in [-0.2, -0.15) is 5.26 Å². The van der Waals surface area contributed by atoms with Gasteiger partial charge < -0.3 is 13.6 Å². The average Bonchev–Trinajstić information content (AvgIpc) is 3.88. The second kappa shape index (κ2) is 11.3. The molecule has 0 saturated carbocycles. The van der Waals surface area contributed by atoms with Crippen LogP contribution < -0.4 is 0 Å². The van der Waals surface area contributed by atoms with Gasteiger partial charge in [-0.3, -0.25) is 0 Å². The van der Waals surface area contributed by atoms with Crippen LogP contribution in [0.25, 0.3) is 99.2 Å². The largest absolute Gasteiger partial charge is 0.455 e. The topological polar surface area (TPSA) is 46.8 Å². The second-order valence-electron chi connectivity index (χ2n) is 13.7. The van der Waals surface area contributed by atoms with E-state index < -0.39 is 0 Å². The summed E-state index contributed by atoms with van der Waals surface area (Å²) in [5.74, 6) is 0. The van der Waals surface area contributed by atoms with Crippen molar-refractivity contribution < 1.29 is 4.42 Å². The molecule has 8 aromatic carbocycles. The summed E-state index contributed by atoms with van der Waals surface area (Å²) in [5, 5.41) is 17.1. The van der Waals surface area contributed by atoms with Gasteiger partial charge in [0.05, 0.1) is 39.1 Å². The second-order valence-corrected chi connectivity index (χ2v) is 13.7. The van der Waals surface area contributed by atoms with Crippen LogP contribution in [-0.2, 0) is 0 Å². The van der Waals surface area contributed by atoms with Gasteiger partial charge in [0.25, 0.3) is 0 Å². The van der Waals surface area contributed by atoms with Crippen LogP contribution >= 0.6 is 0 Å². The summed E-state index contributed by atoms with van der Waals surface area (Å²) in [6.07, 6.45) is 0. The zero-order valence-electron chi connectivity index (χ0n) is 28.5. The molecule has 4 heteroatoms. The van der Waals surface area contributed by atoms with Gasteiger partial charge in [0.15, 0.2) is 0 Å². The van der Waals surface area contributed by atoms with Crippen molar-refractivity contribution in [3.8, 4) is 39.7 Å². The SMILES string of the molecule is N#Cc1cc(-c2cccc(-n3c4ccc(-c5ccccc5)cc4c4c5oc6ccccc6c5ccc43)c2)cc(-n2c3ccccc3c3ccccc32)c1. The van der Waals surface area contributed by atoms with Gasteiger partial charge in [0, 0.05) is 38.3 Å². The Morgan fingerprint density at radius 2 is 1.02 bits per heavy atom. The van der Waals surface area contributed by atoms with E-state index in [1.165, 1.54) is 16.3 Å². The van der Waals surface area contributed by atoms with Crippen molar-refractivity contribution in [2.45, 2.75) is 0 Å². The van der Waals surface area contributed by atoms with Crippen LogP contribution in [0.3, 0.4) is 0 Å².